The van der Waals surface area contributed by atoms with E-state index in [1.807, 2.05) is 0 Å². The van der Waals surface area contributed by atoms with Crippen molar-refractivity contribution in [3.05, 3.63) is 243 Å². The van der Waals surface area contributed by atoms with Crippen LogP contribution in [0.4, 0.5) is 34.1 Å². The van der Waals surface area contributed by atoms with Crippen molar-refractivity contribution in [2.75, 3.05) is 9.80 Å². The number of nitrogens with zero attached hydrogens (tertiary/aromatic N) is 2. The Labute approximate surface area is 350 Å². The van der Waals surface area contributed by atoms with E-state index in [2.05, 4.69) is 252 Å². The molecular formula is C58H40N2. The summed E-state index contributed by atoms with van der Waals surface area (Å²) in [5.74, 6) is 0. The van der Waals surface area contributed by atoms with Crippen molar-refractivity contribution in [2.24, 2.45) is 0 Å². The molecule has 0 saturated carbocycles. The second-order valence-corrected chi connectivity index (χ2v) is 15.3. The molecule has 0 fully saturated rings. The first-order valence-corrected chi connectivity index (χ1v) is 20.6. The van der Waals surface area contributed by atoms with Crippen LogP contribution in [0.2, 0.25) is 0 Å². The predicted octanol–water partition coefficient (Wildman–Crippen LogP) is 16.6. The molecular weight excluding hydrogens is 725 g/mol. The van der Waals surface area contributed by atoms with Gasteiger partial charge in [-0.3, -0.25) is 0 Å². The molecule has 0 spiro atoms. The summed E-state index contributed by atoms with van der Waals surface area (Å²) in [5, 5.41) is 9.95. The molecule has 0 aliphatic rings. The predicted molar refractivity (Wildman–Crippen MR) is 257 cm³/mol. The number of rotatable bonds is 8. The lowest BCUT2D eigenvalue weighted by molar-refractivity contribution is 1.28. The molecule has 2 heteroatoms. The molecule has 0 heterocycles. The van der Waals surface area contributed by atoms with E-state index in [-0.39, 0.29) is 0 Å². The van der Waals surface area contributed by atoms with Crippen LogP contribution in [-0.4, -0.2) is 0 Å². The average molecular weight is 765 g/mol. The zero-order chi connectivity index (χ0) is 39.8. The number of fused-ring (bicyclic) bond motifs is 6. The third kappa shape index (κ3) is 6.14. The van der Waals surface area contributed by atoms with Crippen LogP contribution in [0.15, 0.2) is 243 Å². The van der Waals surface area contributed by atoms with Crippen LogP contribution in [0.5, 0.6) is 0 Å². The van der Waals surface area contributed by atoms with E-state index in [9.17, 15) is 0 Å². The highest BCUT2D eigenvalue weighted by atomic mass is 15.1. The number of hydrogen-bond acceptors (Lipinski definition) is 2. The highest BCUT2D eigenvalue weighted by molar-refractivity contribution is 6.32. The van der Waals surface area contributed by atoms with Crippen molar-refractivity contribution in [3.63, 3.8) is 0 Å². The van der Waals surface area contributed by atoms with Crippen LogP contribution in [0.1, 0.15) is 0 Å². The highest BCUT2D eigenvalue weighted by Gasteiger charge is 2.22. The van der Waals surface area contributed by atoms with Crippen LogP contribution in [0, 0.1) is 0 Å². The van der Waals surface area contributed by atoms with Crippen molar-refractivity contribution in [1.82, 2.24) is 0 Å². The molecule has 0 aliphatic carbocycles. The Bertz CT molecular complexity index is 2970. The first kappa shape index (κ1) is 35.2. The van der Waals surface area contributed by atoms with Crippen LogP contribution in [0.3, 0.4) is 0 Å². The van der Waals surface area contributed by atoms with Crippen LogP contribution >= 0.6 is 0 Å². The summed E-state index contributed by atoms with van der Waals surface area (Å²) < 4.78 is 0. The first-order valence-electron chi connectivity index (χ1n) is 20.6. The maximum atomic E-state index is 2.35. The minimum absolute atomic E-state index is 1.11. The summed E-state index contributed by atoms with van der Waals surface area (Å²) >= 11 is 0. The molecule has 11 aromatic carbocycles. The number of para-hydroxylation sites is 4. The standard InChI is InChI=1S/C58H40N2/c1-5-19-45(20-6-1)59(46-21-7-2-8-22-46)49-35-29-43(30-36-49)55-53-39-33-42-18-14-16-28-52(42)58(53)56(54-40-34-41-17-13-15-27-51(41)57(54)55)44-31-37-50(38-32-44)60(47-23-9-3-10-24-47)48-25-11-4-12-26-48/h1-40H. The van der Waals surface area contributed by atoms with Gasteiger partial charge in [0.1, 0.15) is 0 Å². The molecule has 0 unspecified atom stereocenters. The van der Waals surface area contributed by atoms with Gasteiger partial charge < -0.3 is 9.80 Å². The van der Waals surface area contributed by atoms with Crippen molar-refractivity contribution in [1.29, 1.82) is 0 Å². The molecule has 0 N–H and O–H groups in total. The van der Waals surface area contributed by atoms with Crippen LogP contribution < -0.4 is 9.80 Å². The van der Waals surface area contributed by atoms with Crippen molar-refractivity contribution >= 4 is 77.2 Å². The monoisotopic (exact) mass is 764 g/mol. The zero-order valence-corrected chi connectivity index (χ0v) is 33.0. The molecule has 2 nitrogen and oxygen atoms in total. The molecule has 0 bridgehead atoms. The summed E-state index contributed by atoms with van der Waals surface area (Å²) in [5.41, 5.74) is 11.6. The minimum Gasteiger partial charge on any atom is -0.311 e. The Morgan fingerprint density at radius 1 is 0.200 bits per heavy atom. The lowest BCUT2D eigenvalue weighted by Crippen LogP contribution is -2.09. The van der Waals surface area contributed by atoms with Gasteiger partial charge in [-0.05, 0) is 138 Å². The Kier molecular flexibility index (Phi) is 8.87. The third-order valence-electron chi connectivity index (χ3n) is 11.8. The SMILES string of the molecule is c1ccc(N(c2ccccc2)c2ccc(-c3c4ccc5ccccc5c4c(-c4ccc(N(c5ccccc5)c5ccccc5)cc4)c4ccc5ccccc5c34)cc2)cc1. The maximum absolute atomic E-state index is 2.35. The fourth-order valence-corrected chi connectivity index (χ4v) is 9.12. The van der Waals surface area contributed by atoms with Gasteiger partial charge in [0.05, 0.1) is 0 Å². The first-order chi connectivity index (χ1) is 29.8. The number of hydrogen-bond donors (Lipinski definition) is 0. The van der Waals surface area contributed by atoms with Crippen molar-refractivity contribution in [2.45, 2.75) is 0 Å². The van der Waals surface area contributed by atoms with Gasteiger partial charge in [0.25, 0.3) is 0 Å². The minimum atomic E-state index is 1.11. The maximum Gasteiger partial charge on any atom is 0.0462 e. The molecule has 0 aliphatic heterocycles. The molecule has 11 aromatic rings. The average Bonchev–Trinajstić information content (AvgIpc) is 3.33. The van der Waals surface area contributed by atoms with E-state index in [0.717, 1.165) is 34.1 Å². The van der Waals surface area contributed by atoms with E-state index >= 15 is 0 Å². The van der Waals surface area contributed by atoms with Crippen LogP contribution in [0.25, 0.3) is 65.3 Å². The number of anilines is 6. The second kappa shape index (κ2) is 15.1. The van der Waals surface area contributed by atoms with Crippen LogP contribution in [-0.2, 0) is 0 Å². The van der Waals surface area contributed by atoms with Gasteiger partial charge in [0.2, 0.25) is 0 Å². The second-order valence-electron chi connectivity index (χ2n) is 15.3. The summed E-state index contributed by atoms with van der Waals surface area (Å²) in [6.45, 7) is 0. The summed E-state index contributed by atoms with van der Waals surface area (Å²) in [4.78, 5) is 4.65. The molecule has 60 heavy (non-hydrogen) atoms. The zero-order valence-electron chi connectivity index (χ0n) is 33.0. The molecule has 0 saturated heterocycles. The topological polar surface area (TPSA) is 6.48 Å². The fraction of sp³-hybridized carbons (Fsp3) is 0. The van der Waals surface area contributed by atoms with Crippen molar-refractivity contribution < 1.29 is 0 Å². The lowest BCUT2D eigenvalue weighted by atomic mass is 9.82. The smallest absolute Gasteiger partial charge is 0.0462 e. The molecule has 0 atom stereocenters. The molecule has 11 rings (SSSR count). The van der Waals surface area contributed by atoms with Gasteiger partial charge >= 0.3 is 0 Å². The number of benzene rings is 11. The molecule has 0 aromatic heterocycles. The molecule has 282 valence electrons. The largest absolute Gasteiger partial charge is 0.311 e. The van der Waals surface area contributed by atoms with Crippen molar-refractivity contribution in [3.8, 4) is 22.3 Å². The Balaban J connectivity index is 1.16. The fourth-order valence-electron chi connectivity index (χ4n) is 9.12. The van der Waals surface area contributed by atoms with Gasteiger partial charge in [-0.15, -0.1) is 0 Å². The lowest BCUT2D eigenvalue weighted by Gasteiger charge is -2.26. The van der Waals surface area contributed by atoms with Gasteiger partial charge in [-0.25, -0.2) is 0 Å². The summed E-state index contributed by atoms with van der Waals surface area (Å²) in [6, 6.07) is 87.8. The van der Waals surface area contributed by atoms with E-state index in [1.165, 1.54) is 65.3 Å². The van der Waals surface area contributed by atoms with Gasteiger partial charge in [0.15, 0.2) is 0 Å². The Morgan fingerprint density at radius 3 is 0.817 bits per heavy atom. The summed E-state index contributed by atoms with van der Waals surface area (Å²) in [6.07, 6.45) is 0. The Morgan fingerprint density at radius 2 is 0.483 bits per heavy atom. The van der Waals surface area contributed by atoms with Gasteiger partial charge in [-0.2, -0.15) is 0 Å². The molecule has 0 amide bonds. The van der Waals surface area contributed by atoms with E-state index in [4.69, 9.17) is 0 Å². The quantitative estimate of drug-likeness (QED) is 0.112. The summed E-state index contributed by atoms with van der Waals surface area (Å²) in [7, 11) is 0. The third-order valence-corrected chi connectivity index (χ3v) is 11.8. The highest BCUT2D eigenvalue weighted by Crippen LogP contribution is 2.49. The van der Waals surface area contributed by atoms with E-state index in [0.29, 0.717) is 0 Å². The van der Waals surface area contributed by atoms with E-state index < -0.39 is 0 Å². The normalized spacial score (nSPS) is 11.3. The van der Waals surface area contributed by atoms with E-state index in [1.54, 1.807) is 0 Å². The Hall–Kier alpha value is -7.94. The van der Waals surface area contributed by atoms with Gasteiger partial charge in [0, 0.05) is 34.1 Å². The molecule has 0 radical (unpaired) electrons. The van der Waals surface area contributed by atoms with Gasteiger partial charge in [-0.1, -0.05) is 170 Å².